The van der Waals surface area contributed by atoms with Crippen LogP contribution in [0.25, 0.3) is 5.00 Å². The zero-order chi connectivity index (χ0) is 15.7. The van der Waals surface area contributed by atoms with Gasteiger partial charge in [0.05, 0.1) is 5.56 Å². The maximum atomic E-state index is 12.7. The van der Waals surface area contributed by atoms with E-state index in [0.29, 0.717) is 5.92 Å². The summed E-state index contributed by atoms with van der Waals surface area (Å²) >= 11 is 1.68. The number of nitrogens with zero attached hydrogens (tertiary/aromatic N) is 2. The summed E-state index contributed by atoms with van der Waals surface area (Å²) in [5.41, 5.74) is 1.92. The first-order valence-corrected chi connectivity index (χ1v) is 8.58. The van der Waals surface area contributed by atoms with E-state index in [9.17, 15) is 4.79 Å². The number of rotatable bonds is 4. The molecule has 0 aromatic carbocycles. The van der Waals surface area contributed by atoms with Crippen LogP contribution in [0.15, 0.2) is 24.5 Å². The number of hydrogen-bond acceptors (Lipinski definition) is 3. The van der Waals surface area contributed by atoms with Crippen molar-refractivity contribution in [2.75, 3.05) is 26.7 Å². The molecular formula is C17H23N3OS. The molecule has 0 aliphatic carbocycles. The summed E-state index contributed by atoms with van der Waals surface area (Å²) < 4.78 is 2.03. The first kappa shape index (κ1) is 15.3. The molecule has 118 valence electrons. The average molecular weight is 317 g/mol. The molecule has 1 amide bonds. The van der Waals surface area contributed by atoms with Crippen LogP contribution in [0, 0.1) is 19.8 Å². The maximum absolute atomic E-state index is 12.7. The van der Waals surface area contributed by atoms with Crippen molar-refractivity contribution in [2.24, 2.45) is 5.92 Å². The van der Waals surface area contributed by atoms with Crippen LogP contribution < -0.4 is 5.32 Å². The van der Waals surface area contributed by atoms with Crippen molar-refractivity contribution >= 4 is 17.2 Å². The summed E-state index contributed by atoms with van der Waals surface area (Å²) in [6.07, 6.45) is 5.16. The van der Waals surface area contributed by atoms with Gasteiger partial charge in [-0.15, -0.1) is 11.3 Å². The fourth-order valence-electron chi connectivity index (χ4n) is 3.05. The molecule has 3 rings (SSSR count). The van der Waals surface area contributed by atoms with Crippen molar-refractivity contribution in [1.29, 1.82) is 0 Å². The molecule has 2 aromatic rings. The topological polar surface area (TPSA) is 37.3 Å². The second-order valence-electron chi connectivity index (χ2n) is 6.18. The Labute approximate surface area is 135 Å². The molecule has 0 bridgehead atoms. The third-order valence-electron chi connectivity index (χ3n) is 4.47. The Bertz CT molecular complexity index is 660. The number of hydrogen-bond donors (Lipinski definition) is 1. The van der Waals surface area contributed by atoms with E-state index in [0.717, 1.165) is 35.8 Å². The highest BCUT2D eigenvalue weighted by molar-refractivity contribution is 7.15. The Morgan fingerprint density at radius 2 is 2.09 bits per heavy atom. The average Bonchev–Trinajstić information content (AvgIpc) is 3.19. The van der Waals surface area contributed by atoms with Gasteiger partial charge < -0.3 is 14.8 Å². The van der Waals surface area contributed by atoms with Gasteiger partial charge in [0.2, 0.25) is 0 Å². The Morgan fingerprint density at radius 3 is 2.73 bits per heavy atom. The summed E-state index contributed by atoms with van der Waals surface area (Å²) in [4.78, 5) is 16.2. The van der Waals surface area contributed by atoms with Crippen LogP contribution in [-0.2, 0) is 0 Å². The summed E-state index contributed by atoms with van der Waals surface area (Å²) in [5.74, 6) is 0.629. The van der Waals surface area contributed by atoms with E-state index < -0.39 is 0 Å². The van der Waals surface area contributed by atoms with Gasteiger partial charge >= 0.3 is 0 Å². The smallest absolute Gasteiger partial charge is 0.254 e. The Hall–Kier alpha value is -1.59. The van der Waals surface area contributed by atoms with Gasteiger partial charge in [-0.25, -0.2) is 0 Å². The molecule has 3 heterocycles. The van der Waals surface area contributed by atoms with Crippen LogP contribution in [0.1, 0.15) is 27.2 Å². The molecule has 1 aliphatic rings. The van der Waals surface area contributed by atoms with Crippen molar-refractivity contribution in [3.05, 3.63) is 40.5 Å². The number of thiophene rings is 1. The number of likely N-dealkylation sites (tertiary alicyclic amines) is 1. The first-order chi connectivity index (χ1) is 10.6. The highest BCUT2D eigenvalue weighted by atomic mass is 32.1. The van der Waals surface area contributed by atoms with Crippen molar-refractivity contribution in [3.63, 3.8) is 0 Å². The van der Waals surface area contributed by atoms with Gasteiger partial charge in [-0.2, -0.15) is 0 Å². The van der Waals surface area contributed by atoms with Crippen LogP contribution in [-0.4, -0.2) is 42.1 Å². The Morgan fingerprint density at radius 1 is 1.36 bits per heavy atom. The third kappa shape index (κ3) is 2.96. The van der Waals surface area contributed by atoms with E-state index in [2.05, 4.69) is 24.2 Å². The lowest BCUT2D eigenvalue weighted by Gasteiger charge is -2.13. The molecule has 1 fully saturated rings. The van der Waals surface area contributed by atoms with Crippen molar-refractivity contribution in [2.45, 2.75) is 20.3 Å². The molecule has 4 nitrogen and oxygen atoms in total. The van der Waals surface area contributed by atoms with Gasteiger partial charge in [0.1, 0.15) is 5.00 Å². The molecule has 2 aromatic heterocycles. The van der Waals surface area contributed by atoms with Gasteiger partial charge in [0.15, 0.2) is 0 Å². The van der Waals surface area contributed by atoms with E-state index in [4.69, 9.17) is 0 Å². The monoisotopic (exact) mass is 317 g/mol. The molecule has 1 atom stereocenters. The predicted octanol–water partition coefficient (Wildman–Crippen LogP) is 2.84. The zero-order valence-corrected chi connectivity index (χ0v) is 14.2. The van der Waals surface area contributed by atoms with Gasteiger partial charge in [-0.3, -0.25) is 4.79 Å². The molecular weight excluding hydrogens is 294 g/mol. The van der Waals surface area contributed by atoms with Gasteiger partial charge in [-0.05, 0) is 57.5 Å². The Balaban J connectivity index is 1.77. The zero-order valence-electron chi connectivity index (χ0n) is 13.4. The van der Waals surface area contributed by atoms with Crippen LogP contribution in [0.5, 0.6) is 0 Å². The molecule has 0 radical (unpaired) electrons. The number of amides is 1. The highest BCUT2D eigenvalue weighted by Gasteiger charge is 2.23. The summed E-state index contributed by atoms with van der Waals surface area (Å²) in [6.45, 7) is 7.09. The summed E-state index contributed by atoms with van der Waals surface area (Å²) in [7, 11) is 2.14. The third-order valence-corrected chi connectivity index (χ3v) is 5.69. The minimum atomic E-state index is 0.0557. The molecule has 22 heavy (non-hydrogen) atoms. The lowest BCUT2D eigenvalue weighted by atomic mass is 10.1. The maximum Gasteiger partial charge on any atom is 0.254 e. The second kappa shape index (κ2) is 6.26. The number of aromatic nitrogens is 1. The molecule has 0 saturated carbocycles. The number of carbonyl (C=O) groups is 1. The molecule has 1 unspecified atom stereocenters. The second-order valence-corrected chi connectivity index (χ2v) is 7.38. The standard InChI is InChI=1S/C17H23N3OS/c1-12-13(2)22-17(20-7-4-5-8-20)15(12)16(21)18-10-14-6-9-19(3)11-14/h4-5,7-8,14H,6,9-11H2,1-3H3,(H,18,21). The first-order valence-electron chi connectivity index (χ1n) is 7.76. The minimum Gasteiger partial charge on any atom is -0.352 e. The molecule has 0 spiro atoms. The fourth-order valence-corrected chi connectivity index (χ4v) is 4.17. The van der Waals surface area contributed by atoms with Crippen LogP contribution in [0.3, 0.4) is 0 Å². The quantitative estimate of drug-likeness (QED) is 0.941. The molecule has 5 heteroatoms. The van der Waals surface area contributed by atoms with Crippen LogP contribution >= 0.6 is 11.3 Å². The van der Waals surface area contributed by atoms with E-state index >= 15 is 0 Å². The summed E-state index contributed by atoms with van der Waals surface area (Å²) in [6, 6.07) is 3.97. The molecule has 1 N–H and O–H groups in total. The van der Waals surface area contributed by atoms with E-state index in [1.54, 1.807) is 11.3 Å². The van der Waals surface area contributed by atoms with E-state index in [1.165, 1.54) is 11.3 Å². The number of aryl methyl sites for hydroxylation is 1. The lowest BCUT2D eigenvalue weighted by Crippen LogP contribution is -2.31. The van der Waals surface area contributed by atoms with Gasteiger partial charge in [-0.1, -0.05) is 0 Å². The largest absolute Gasteiger partial charge is 0.352 e. The lowest BCUT2D eigenvalue weighted by molar-refractivity contribution is 0.0947. The Kier molecular flexibility index (Phi) is 4.36. The van der Waals surface area contributed by atoms with Crippen molar-refractivity contribution in [1.82, 2.24) is 14.8 Å². The normalized spacial score (nSPS) is 18.8. The van der Waals surface area contributed by atoms with E-state index in [-0.39, 0.29) is 5.91 Å². The molecule has 1 saturated heterocycles. The predicted molar refractivity (Wildman–Crippen MR) is 91.1 cm³/mol. The minimum absolute atomic E-state index is 0.0557. The summed E-state index contributed by atoms with van der Waals surface area (Å²) in [5, 5.41) is 4.16. The van der Waals surface area contributed by atoms with Gasteiger partial charge in [0.25, 0.3) is 5.91 Å². The van der Waals surface area contributed by atoms with E-state index in [1.807, 2.05) is 36.0 Å². The number of carbonyl (C=O) groups excluding carboxylic acids is 1. The SMILES string of the molecule is Cc1sc(-n2cccc2)c(C(=O)NCC2CCN(C)C2)c1C. The van der Waals surface area contributed by atoms with Crippen molar-refractivity contribution in [3.8, 4) is 5.00 Å². The van der Waals surface area contributed by atoms with Crippen LogP contribution in [0.2, 0.25) is 0 Å². The van der Waals surface area contributed by atoms with Crippen LogP contribution in [0.4, 0.5) is 0 Å². The number of nitrogens with one attached hydrogen (secondary N) is 1. The van der Waals surface area contributed by atoms with Crippen molar-refractivity contribution < 1.29 is 4.79 Å². The highest BCUT2D eigenvalue weighted by Crippen LogP contribution is 2.31. The molecule has 1 aliphatic heterocycles. The fraction of sp³-hybridized carbons (Fsp3) is 0.471. The van der Waals surface area contributed by atoms with Gasteiger partial charge in [0, 0.05) is 30.4 Å².